The van der Waals surface area contributed by atoms with Crippen LogP contribution in [0.2, 0.25) is 10.0 Å². The summed E-state index contributed by atoms with van der Waals surface area (Å²) >= 11 is 13.3. The van der Waals surface area contributed by atoms with Crippen LogP contribution in [0.4, 0.5) is 0 Å². The molecule has 0 aliphatic rings. The number of aliphatic hydroxyl groups excluding tert-OH is 1. The number of aliphatic hydroxyl groups is 1. The van der Waals surface area contributed by atoms with E-state index in [-0.39, 0.29) is 12.6 Å². The molecule has 1 aromatic carbocycles. The normalized spacial score (nSPS) is 12.6. The molecule has 0 fully saturated rings. The largest absolute Gasteiger partial charge is 0.489 e. The van der Waals surface area contributed by atoms with E-state index >= 15 is 0 Å². The van der Waals surface area contributed by atoms with Crippen LogP contribution in [-0.4, -0.2) is 38.3 Å². The molecule has 1 N–H and O–H groups in total. The molecule has 120 valence electrons. The van der Waals surface area contributed by atoms with Gasteiger partial charge in [-0.1, -0.05) is 35.0 Å². The summed E-state index contributed by atoms with van der Waals surface area (Å²) in [5.41, 5.74) is 0. The van der Waals surface area contributed by atoms with Gasteiger partial charge >= 0.3 is 0 Å². The number of hydrogen-bond donors (Lipinski definition) is 1. The fourth-order valence-electron chi connectivity index (χ4n) is 1.69. The lowest BCUT2D eigenvalue weighted by Gasteiger charge is -2.14. The molecule has 0 saturated carbocycles. The van der Waals surface area contributed by atoms with E-state index in [1.54, 1.807) is 24.5 Å². The molecule has 1 aromatic heterocycles. The van der Waals surface area contributed by atoms with Gasteiger partial charge in [0.05, 0.1) is 11.1 Å². The predicted molar refractivity (Wildman–Crippen MR) is 89.1 cm³/mol. The molecular weight excluding hydrogens is 345 g/mol. The zero-order valence-electron chi connectivity index (χ0n) is 12.2. The van der Waals surface area contributed by atoms with E-state index in [2.05, 4.69) is 24.0 Å². The van der Waals surface area contributed by atoms with Crippen LogP contribution in [0, 0.1) is 0 Å². The SMILES string of the molecule is CC(C)n1cnnc1SCC(O)COc1ccc(Cl)cc1Cl. The van der Waals surface area contributed by atoms with E-state index in [4.69, 9.17) is 27.9 Å². The molecule has 1 atom stereocenters. The van der Waals surface area contributed by atoms with Crippen molar-refractivity contribution in [3.8, 4) is 5.75 Å². The summed E-state index contributed by atoms with van der Waals surface area (Å²) in [4.78, 5) is 0. The Morgan fingerprint density at radius 2 is 2.14 bits per heavy atom. The molecule has 0 amide bonds. The van der Waals surface area contributed by atoms with Crippen molar-refractivity contribution in [2.24, 2.45) is 0 Å². The van der Waals surface area contributed by atoms with Gasteiger partial charge in [-0.15, -0.1) is 10.2 Å². The van der Waals surface area contributed by atoms with Gasteiger partial charge in [0.2, 0.25) is 0 Å². The van der Waals surface area contributed by atoms with Gasteiger partial charge in [-0.25, -0.2) is 0 Å². The Morgan fingerprint density at radius 1 is 1.36 bits per heavy atom. The average Bonchev–Trinajstić information content (AvgIpc) is 2.92. The van der Waals surface area contributed by atoms with Crippen molar-refractivity contribution in [2.45, 2.75) is 31.1 Å². The molecule has 0 bridgehead atoms. The van der Waals surface area contributed by atoms with Crippen LogP contribution in [0.15, 0.2) is 29.7 Å². The number of aromatic nitrogens is 3. The molecule has 5 nitrogen and oxygen atoms in total. The Balaban J connectivity index is 1.83. The zero-order valence-corrected chi connectivity index (χ0v) is 14.6. The van der Waals surface area contributed by atoms with Gasteiger partial charge in [0.25, 0.3) is 0 Å². The quantitative estimate of drug-likeness (QED) is 0.761. The summed E-state index contributed by atoms with van der Waals surface area (Å²) in [5.74, 6) is 0.955. The van der Waals surface area contributed by atoms with Crippen LogP contribution in [0.1, 0.15) is 19.9 Å². The van der Waals surface area contributed by atoms with Gasteiger partial charge < -0.3 is 14.4 Å². The van der Waals surface area contributed by atoms with Crippen LogP contribution in [0.3, 0.4) is 0 Å². The van der Waals surface area contributed by atoms with Crippen LogP contribution >= 0.6 is 35.0 Å². The molecule has 2 rings (SSSR count). The Labute approximate surface area is 143 Å². The van der Waals surface area contributed by atoms with Crippen molar-refractivity contribution >= 4 is 35.0 Å². The molecule has 0 spiro atoms. The minimum Gasteiger partial charge on any atom is -0.489 e. The van der Waals surface area contributed by atoms with Gasteiger partial charge in [-0.2, -0.15) is 0 Å². The molecule has 0 saturated heterocycles. The summed E-state index contributed by atoms with van der Waals surface area (Å²) in [6.07, 6.45) is 1.04. The number of benzene rings is 1. The van der Waals surface area contributed by atoms with Gasteiger partial charge in [0, 0.05) is 16.8 Å². The van der Waals surface area contributed by atoms with E-state index in [9.17, 15) is 5.11 Å². The lowest BCUT2D eigenvalue weighted by Crippen LogP contribution is -2.20. The smallest absolute Gasteiger partial charge is 0.191 e. The van der Waals surface area contributed by atoms with E-state index in [0.29, 0.717) is 21.5 Å². The zero-order chi connectivity index (χ0) is 16.1. The lowest BCUT2D eigenvalue weighted by molar-refractivity contribution is 0.126. The van der Waals surface area contributed by atoms with Crippen LogP contribution in [0.5, 0.6) is 5.75 Å². The maximum absolute atomic E-state index is 10.0. The molecular formula is C14H17Cl2N3O2S. The van der Waals surface area contributed by atoms with Gasteiger partial charge in [0.1, 0.15) is 18.7 Å². The highest BCUT2D eigenvalue weighted by molar-refractivity contribution is 7.99. The van der Waals surface area contributed by atoms with E-state index < -0.39 is 6.10 Å². The first-order chi connectivity index (χ1) is 10.5. The summed E-state index contributed by atoms with van der Waals surface area (Å²) in [6, 6.07) is 5.25. The number of hydrogen-bond acceptors (Lipinski definition) is 5. The van der Waals surface area contributed by atoms with Gasteiger partial charge in [-0.05, 0) is 32.0 Å². The number of rotatable bonds is 7. The van der Waals surface area contributed by atoms with Crippen molar-refractivity contribution < 1.29 is 9.84 Å². The minimum absolute atomic E-state index is 0.143. The third kappa shape index (κ3) is 4.78. The topological polar surface area (TPSA) is 60.2 Å². The highest BCUT2D eigenvalue weighted by Crippen LogP contribution is 2.28. The second-order valence-electron chi connectivity index (χ2n) is 4.97. The molecule has 2 aromatic rings. The first-order valence-electron chi connectivity index (χ1n) is 6.75. The molecule has 0 radical (unpaired) electrons. The fourth-order valence-corrected chi connectivity index (χ4v) is 3.10. The summed E-state index contributed by atoms with van der Waals surface area (Å²) < 4.78 is 7.46. The molecule has 1 heterocycles. The Hall–Kier alpha value is -0.950. The highest BCUT2D eigenvalue weighted by Gasteiger charge is 2.12. The summed E-state index contributed by atoms with van der Waals surface area (Å²) in [7, 11) is 0. The minimum atomic E-state index is -0.644. The first kappa shape index (κ1) is 17.4. The predicted octanol–water partition coefficient (Wildman–Crippen LogP) is 3.70. The Kier molecular flexibility index (Phi) is 6.37. The number of ether oxygens (including phenoxy) is 1. The molecule has 22 heavy (non-hydrogen) atoms. The maximum atomic E-state index is 10.0. The number of halogens is 2. The van der Waals surface area contributed by atoms with Crippen molar-refractivity contribution in [1.29, 1.82) is 0 Å². The van der Waals surface area contributed by atoms with Crippen LogP contribution in [0.25, 0.3) is 0 Å². The van der Waals surface area contributed by atoms with Crippen LogP contribution in [-0.2, 0) is 0 Å². The fraction of sp³-hybridized carbons (Fsp3) is 0.429. The first-order valence-corrected chi connectivity index (χ1v) is 8.49. The molecule has 0 aliphatic carbocycles. The van der Waals surface area contributed by atoms with Crippen molar-refractivity contribution in [3.05, 3.63) is 34.6 Å². The van der Waals surface area contributed by atoms with Gasteiger partial charge in [-0.3, -0.25) is 0 Å². The van der Waals surface area contributed by atoms with Crippen molar-refractivity contribution in [1.82, 2.24) is 14.8 Å². The van der Waals surface area contributed by atoms with E-state index in [0.717, 1.165) is 5.16 Å². The second-order valence-corrected chi connectivity index (χ2v) is 6.80. The maximum Gasteiger partial charge on any atom is 0.191 e. The highest BCUT2D eigenvalue weighted by atomic mass is 35.5. The Bertz CT molecular complexity index is 622. The second kappa shape index (κ2) is 8.06. The van der Waals surface area contributed by atoms with E-state index in [1.165, 1.54) is 11.8 Å². The average molecular weight is 362 g/mol. The third-order valence-corrected chi connectivity index (χ3v) is 4.46. The number of thioether (sulfide) groups is 1. The summed E-state index contributed by atoms with van der Waals surface area (Å²) in [6.45, 7) is 4.25. The third-order valence-electron chi connectivity index (χ3n) is 2.83. The standard InChI is InChI=1S/C14H17Cl2N3O2S/c1-9(2)19-8-17-18-14(19)22-7-11(20)6-21-13-4-3-10(15)5-12(13)16/h3-5,8-9,11,20H,6-7H2,1-2H3. The molecule has 0 aliphatic heterocycles. The summed E-state index contributed by atoms with van der Waals surface area (Å²) in [5, 5.41) is 19.7. The Morgan fingerprint density at radius 3 is 2.82 bits per heavy atom. The van der Waals surface area contributed by atoms with E-state index in [1.807, 2.05) is 4.57 Å². The lowest BCUT2D eigenvalue weighted by atomic mass is 10.3. The van der Waals surface area contributed by atoms with Crippen molar-refractivity contribution in [3.63, 3.8) is 0 Å². The van der Waals surface area contributed by atoms with Gasteiger partial charge in [0.15, 0.2) is 5.16 Å². The molecule has 1 unspecified atom stereocenters. The number of nitrogens with zero attached hydrogens (tertiary/aromatic N) is 3. The molecule has 8 heteroatoms. The van der Waals surface area contributed by atoms with Crippen molar-refractivity contribution in [2.75, 3.05) is 12.4 Å². The van der Waals surface area contributed by atoms with Crippen LogP contribution < -0.4 is 4.74 Å². The monoisotopic (exact) mass is 361 g/mol.